The molecule has 4 aromatic rings. The molecule has 0 radical (unpaired) electrons. The van der Waals surface area contributed by atoms with Gasteiger partial charge in [-0.2, -0.15) is 0 Å². The molecule has 1 N–H and O–H groups in total. The van der Waals surface area contributed by atoms with E-state index in [2.05, 4.69) is 5.32 Å². The van der Waals surface area contributed by atoms with Gasteiger partial charge in [0.25, 0.3) is 5.91 Å². The zero-order chi connectivity index (χ0) is 24.4. The maximum absolute atomic E-state index is 13.7. The number of ether oxygens (including phenoxy) is 1. The second-order valence-corrected chi connectivity index (χ2v) is 10.2. The van der Waals surface area contributed by atoms with Crippen LogP contribution >= 0.6 is 22.9 Å². The Morgan fingerprint density at radius 3 is 2.51 bits per heavy atom. The Morgan fingerprint density at radius 2 is 1.74 bits per heavy atom. The lowest BCUT2D eigenvalue weighted by Gasteiger charge is -2.12. The Morgan fingerprint density at radius 1 is 1.00 bits per heavy atom. The molecule has 0 saturated carbocycles. The van der Waals surface area contributed by atoms with Gasteiger partial charge in [-0.05, 0) is 55.5 Å². The van der Waals surface area contributed by atoms with Gasteiger partial charge in [-0.15, -0.1) is 11.3 Å². The third-order valence-corrected chi connectivity index (χ3v) is 7.85. The van der Waals surface area contributed by atoms with E-state index in [0.29, 0.717) is 26.8 Å². The van der Waals surface area contributed by atoms with E-state index >= 15 is 0 Å². The Balaban J connectivity index is 1.58. The summed E-state index contributed by atoms with van der Waals surface area (Å²) >= 11 is 7.56. The monoisotopic (exact) mass is 504 g/mol. The zero-order valence-corrected chi connectivity index (χ0v) is 21.0. The molecule has 0 bridgehead atoms. The maximum atomic E-state index is 13.7. The van der Waals surface area contributed by atoms with E-state index in [-0.39, 0.29) is 5.91 Å². The number of hydrogen-bond acceptors (Lipinski definition) is 5. The highest BCUT2D eigenvalue weighted by molar-refractivity contribution is 7.17. The summed E-state index contributed by atoms with van der Waals surface area (Å²) in [4.78, 5) is 32.4. The number of thiophene rings is 1. The third kappa shape index (κ3) is 4.81. The van der Waals surface area contributed by atoms with Crippen LogP contribution in [0.2, 0.25) is 5.02 Å². The van der Waals surface area contributed by atoms with E-state index in [1.807, 2.05) is 36.4 Å². The van der Waals surface area contributed by atoms with Gasteiger partial charge in [0, 0.05) is 20.8 Å². The lowest BCUT2D eigenvalue weighted by molar-refractivity contribution is 0.0601. The van der Waals surface area contributed by atoms with Crippen LogP contribution in [0, 0.1) is 0 Å². The van der Waals surface area contributed by atoms with Crippen molar-refractivity contribution in [1.82, 2.24) is 4.98 Å². The number of nitrogens with one attached hydrogen (secondary N) is 1. The average Bonchev–Trinajstić information content (AvgIpc) is 3.18. The fraction of sp³-hybridized carbons (Fsp3) is 0.250. The standard InChI is InChI=1S/C28H25ClN2O3S/c1-34-28(33)25-20-9-4-2-3-5-11-24(20)35-27(25)31-26(32)21-16-23(17-12-14-18(29)15-13-17)30-22-10-7-6-8-19(21)22/h6-8,10,12-16H,2-5,9,11H2,1H3,(H,31,32). The Bertz CT molecular complexity index is 1410. The van der Waals surface area contributed by atoms with Crippen molar-refractivity contribution in [2.24, 2.45) is 0 Å². The number of hydrogen-bond donors (Lipinski definition) is 1. The summed E-state index contributed by atoms with van der Waals surface area (Å²) in [5.41, 5.74) is 4.28. The molecule has 0 unspecified atom stereocenters. The number of pyridine rings is 1. The minimum Gasteiger partial charge on any atom is -0.465 e. The number of amides is 1. The second kappa shape index (κ2) is 10.2. The molecule has 1 aliphatic rings. The largest absolute Gasteiger partial charge is 0.465 e. The number of aromatic nitrogens is 1. The van der Waals surface area contributed by atoms with Crippen molar-refractivity contribution in [3.63, 3.8) is 0 Å². The fourth-order valence-electron chi connectivity index (χ4n) is 4.63. The van der Waals surface area contributed by atoms with Crippen LogP contribution in [0.3, 0.4) is 0 Å². The average molecular weight is 505 g/mol. The molecule has 1 aliphatic carbocycles. The molecular formula is C28H25ClN2O3S. The molecule has 0 saturated heterocycles. The minimum absolute atomic E-state index is 0.279. The first-order valence-corrected chi connectivity index (χ1v) is 12.9. The molecule has 0 fully saturated rings. The van der Waals surface area contributed by atoms with Crippen molar-refractivity contribution in [1.29, 1.82) is 0 Å². The lowest BCUT2D eigenvalue weighted by Crippen LogP contribution is -2.15. The molecule has 0 spiro atoms. The van der Waals surface area contributed by atoms with Gasteiger partial charge in [0.1, 0.15) is 5.00 Å². The highest BCUT2D eigenvalue weighted by atomic mass is 35.5. The number of fused-ring (bicyclic) bond motifs is 2. The fourth-order valence-corrected chi connectivity index (χ4v) is 6.03. The first-order valence-electron chi connectivity index (χ1n) is 11.7. The van der Waals surface area contributed by atoms with Crippen LogP contribution in [0.4, 0.5) is 5.00 Å². The Labute approximate surface area is 213 Å². The highest BCUT2D eigenvalue weighted by Gasteiger charge is 2.26. The maximum Gasteiger partial charge on any atom is 0.341 e. The zero-order valence-electron chi connectivity index (χ0n) is 19.4. The van der Waals surface area contributed by atoms with Gasteiger partial charge in [0.05, 0.1) is 29.4 Å². The van der Waals surface area contributed by atoms with Gasteiger partial charge < -0.3 is 10.1 Å². The third-order valence-electron chi connectivity index (χ3n) is 6.39. The number of carbonyl (C=O) groups excluding carboxylic acids is 2. The smallest absolute Gasteiger partial charge is 0.341 e. The summed E-state index contributed by atoms with van der Waals surface area (Å²) in [5, 5.41) is 4.99. The van der Waals surface area contributed by atoms with E-state index < -0.39 is 5.97 Å². The molecule has 2 aromatic heterocycles. The molecule has 35 heavy (non-hydrogen) atoms. The van der Waals surface area contributed by atoms with Crippen LogP contribution in [-0.4, -0.2) is 24.0 Å². The quantitative estimate of drug-likeness (QED) is 0.296. The molecule has 2 aromatic carbocycles. The summed E-state index contributed by atoms with van der Waals surface area (Å²) in [6.07, 6.45) is 6.18. The van der Waals surface area contributed by atoms with Gasteiger partial charge in [-0.25, -0.2) is 9.78 Å². The number of halogens is 1. The minimum atomic E-state index is -0.403. The molecule has 1 amide bonds. The predicted molar refractivity (Wildman–Crippen MR) is 142 cm³/mol. The number of esters is 1. The number of aryl methyl sites for hydroxylation is 1. The molecule has 178 valence electrons. The van der Waals surface area contributed by atoms with Crippen molar-refractivity contribution < 1.29 is 14.3 Å². The first-order chi connectivity index (χ1) is 17.0. The van der Waals surface area contributed by atoms with Crippen LogP contribution in [0.5, 0.6) is 0 Å². The SMILES string of the molecule is COC(=O)c1c(NC(=O)c2cc(-c3ccc(Cl)cc3)nc3ccccc23)sc2c1CCCCCC2. The van der Waals surface area contributed by atoms with Gasteiger partial charge >= 0.3 is 5.97 Å². The van der Waals surface area contributed by atoms with Gasteiger partial charge in [0.2, 0.25) is 0 Å². The molecule has 7 heteroatoms. The number of benzene rings is 2. The van der Waals surface area contributed by atoms with Crippen molar-refractivity contribution in [2.75, 3.05) is 12.4 Å². The number of rotatable bonds is 4. The van der Waals surface area contributed by atoms with Crippen LogP contribution in [0.1, 0.15) is 56.8 Å². The molecule has 0 atom stereocenters. The van der Waals surface area contributed by atoms with Gasteiger partial charge in [-0.3, -0.25) is 4.79 Å². The first kappa shape index (κ1) is 23.5. The van der Waals surface area contributed by atoms with E-state index in [9.17, 15) is 9.59 Å². The van der Waals surface area contributed by atoms with E-state index in [4.69, 9.17) is 21.3 Å². The van der Waals surface area contributed by atoms with Crippen LogP contribution in [0.25, 0.3) is 22.2 Å². The number of carbonyl (C=O) groups is 2. The van der Waals surface area contributed by atoms with Crippen molar-refractivity contribution in [2.45, 2.75) is 38.5 Å². The topological polar surface area (TPSA) is 68.3 Å². The Hall–Kier alpha value is -3.22. The summed E-state index contributed by atoms with van der Waals surface area (Å²) in [6, 6.07) is 16.7. The van der Waals surface area contributed by atoms with Gasteiger partial charge in [0.15, 0.2) is 0 Å². The lowest BCUT2D eigenvalue weighted by atomic mass is 9.96. The number of nitrogens with zero attached hydrogens (tertiary/aromatic N) is 1. The van der Waals surface area contributed by atoms with Gasteiger partial charge in [-0.1, -0.05) is 54.8 Å². The summed E-state index contributed by atoms with van der Waals surface area (Å²) in [7, 11) is 1.38. The van der Waals surface area contributed by atoms with E-state index in [1.54, 1.807) is 18.2 Å². The molecular weight excluding hydrogens is 480 g/mol. The van der Waals surface area contributed by atoms with Crippen molar-refractivity contribution in [3.05, 3.63) is 81.2 Å². The van der Waals surface area contributed by atoms with Crippen LogP contribution in [-0.2, 0) is 17.6 Å². The van der Waals surface area contributed by atoms with Crippen molar-refractivity contribution >= 4 is 50.7 Å². The summed E-state index contributed by atoms with van der Waals surface area (Å²) in [5.74, 6) is -0.682. The molecule has 5 rings (SSSR count). The second-order valence-electron chi connectivity index (χ2n) is 8.65. The highest BCUT2D eigenvalue weighted by Crippen LogP contribution is 2.38. The molecule has 2 heterocycles. The normalized spacial score (nSPS) is 13.5. The van der Waals surface area contributed by atoms with Crippen LogP contribution in [0.15, 0.2) is 54.6 Å². The molecule has 5 nitrogen and oxygen atoms in total. The molecule has 0 aliphatic heterocycles. The van der Waals surface area contributed by atoms with E-state index in [1.165, 1.54) is 29.7 Å². The van der Waals surface area contributed by atoms with E-state index in [0.717, 1.165) is 54.1 Å². The van der Waals surface area contributed by atoms with Crippen molar-refractivity contribution in [3.8, 4) is 11.3 Å². The summed E-state index contributed by atoms with van der Waals surface area (Å²) in [6.45, 7) is 0. The Kier molecular flexibility index (Phi) is 6.84. The number of para-hydroxylation sites is 1. The number of anilines is 1. The van der Waals surface area contributed by atoms with Crippen LogP contribution < -0.4 is 5.32 Å². The number of methoxy groups -OCH3 is 1. The summed E-state index contributed by atoms with van der Waals surface area (Å²) < 4.78 is 5.11. The predicted octanol–water partition coefficient (Wildman–Crippen LogP) is 7.31.